The molecule has 3 heteroatoms. The Morgan fingerprint density at radius 3 is 2.68 bits per heavy atom. The predicted octanol–water partition coefficient (Wildman–Crippen LogP) is 3.23. The van der Waals surface area contributed by atoms with Crippen molar-refractivity contribution in [3.63, 3.8) is 0 Å². The van der Waals surface area contributed by atoms with Crippen molar-refractivity contribution >= 4 is 11.8 Å². The van der Waals surface area contributed by atoms with Gasteiger partial charge < -0.3 is 10.2 Å². The molecule has 2 atom stereocenters. The largest absolute Gasteiger partial charge is 0.313 e. The summed E-state index contributed by atoms with van der Waals surface area (Å²) in [6, 6.07) is 0.734. The van der Waals surface area contributed by atoms with Gasteiger partial charge in [0.25, 0.3) is 0 Å². The Morgan fingerprint density at radius 1 is 1.26 bits per heavy atom. The van der Waals surface area contributed by atoms with Crippen LogP contribution in [0.25, 0.3) is 0 Å². The Bertz CT molecular complexity index is 261. The summed E-state index contributed by atoms with van der Waals surface area (Å²) in [5.41, 5.74) is 0.524. The smallest absolute Gasteiger partial charge is 0.0163 e. The van der Waals surface area contributed by atoms with E-state index in [2.05, 4.69) is 42.7 Å². The van der Waals surface area contributed by atoms with Gasteiger partial charge in [0.1, 0.15) is 0 Å². The Labute approximate surface area is 124 Å². The Balaban J connectivity index is 1.64. The molecular formula is C16H32N2S. The van der Waals surface area contributed by atoms with Gasteiger partial charge in [0.2, 0.25) is 0 Å². The summed E-state index contributed by atoms with van der Waals surface area (Å²) < 4.78 is 0. The summed E-state index contributed by atoms with van der Waals surface area (Å²) >= 11 is 2.12. The molecule has 2 saturated heterocycles. The average Bonchev–Trinajstić information content (AvgIpc) is 2.36. The Kier molecular flexibility index (Phi) is 6.04. The van der Waals surface area contributed by atoms with Gasteiger partial charge in [-0.15, -0.1) is 0 Å². The molecule has 0 bridgehead atoms. The van der Waals surface area contributed by atoms with E-state index in [0.29, 0.717) is 5.41 Å². The third-order valence-electron chi connectivity index (χ3n) is 4.38. The first-order valence-corrected chi connectivity index (χ1v) is 9.24. The van der Waals surface area contributed by atoms with Gasteiger partial charge in [-0.05, 0) is 56.0 Å². The molecule has 2 unspecified atom stereocenters. The summed E-state index contributed by atoms with van der Waals surface area (Å²) in [5, 5.41) is 3.82. The van der Waals surface area contributed by atoms with E-state index in [-0.39, 0.29) is 0 Å². The number of likely N-dealkylation sites (tertiary alicyclic amines) is 1. The van der Waals surface area contributed by atoms with Crippen LogP contribution in [-0.2, 0) is 0 Å². The quantitative estimate of drug-likeness (QED) is 0.834. The first-order valence-electron chi connectivity index (χ1n) is 8.09. The average molecular weight is 285 g/mol. The molecule has 1 N–H and O–H groups in total. The minimum atomic E-state index is 0.524. The molecule has 19 heavy (non-hydrogen) atoms. The van der Waals surface area contributed by atoms with Gasteiger partial charge in [0.15, 0.2) is 0 Å². The monoisotopic (exact) mass is 284 g/mol. The van der Waals surface area contributed by atoms with Crippen molar-refractivity contribution in [2.75, 3.05) is 37.7 Å². The number of piperidine rings is 1. The van der Waals surface area contributed by atoms with Crippen LogP contribution in [0.2, 0.25) is 0 Å². The van der Waals surface area contributed by atoms with Gasteiger partial charge in [-0.2, -0.15) is 11.8 Å². The number of rotatable bonds is 5. The third kappa shape index (κ3) is 5.65. The van der Waals surface area contributed by atoms with Crippen molar-refractivity contribution in [1.82, 2.24) is 10.2 Å². The van der Waals surface area contributed by atoms with Crippen LogP contribution in [-0.4, -0.2) is 48.6 Å². The fourth-order valence-corrected chi connectivity index (χ4v) is 4.72. The molecule has 2 aliphatic rings. The van der Waals surface area contributed by atoms with Crippen molar-refractivity contribution in [2.24, 2.45) is 11.3 Å². The molecule has 0 aromatic rings. The second-order valence-corrected chi connectivity index (χ2v) is 8.49. The molecule has 0 saturated carbocycles. The van der Waals surface area contributed by atoms with Crippen LogP contribution < -0.4 is 5.32 Å². The second-order valence-electron chi connectivity index (χ2n) is 7.46. The lowest BCUT2D eigenvalue weighted by atomic mass is 9.87. The number of hydrogen-bond acceptors (Lipinski definition) is 3. The highest BCUT2D eigenvalue weighted by Crippen LogP contribution is 2.33. The van der Waals surface area contributed by atoms with Crippen LogP contribution in [0.4, 0.5) is 0 Å². The summed E-state index contributed by atoms with van der Waals surface area (Å²) in [6.45, 7) is 12.4. The maximum atomic E-state index is 3.82. The van der Waals surface area contributed by atoms with Crippen LogP contribution in [0, 0.1) is 11.3 Å². The molecule has 2 aliphatic heterocycles. The van der Waals surface area contributed by atoms with E-state index in [4.69, 9.17) is 0 Å². The van der Waals surface area contributed by atoms with E-state index in [1.165, 1.54) is 63.4 Å². The van der Waals surface area contributed by atoms with Crippen molar-refractivity contribution in [1.29, 1.82) is 0 Å². The van der Waals surface area contributed by atoms with E-state index >= 15 is 0 Å². The number of nitrogens with zero attached hydrogens (tertiary/aromatic N) is 1. The van der Waals surface area contributed by atoms with E-state index in [9.17, 15) is 0 Å². The van der Waals surface area contributed by atoms with Gasteiger partial charge >= 0.3 is 0 Å². The lowest BCUT2D eigenvalue weighted by Crippen LogP contribution is -2.44. The van der Waals surface area contributed by atoms with Crippen LogP contribution >= 0.6 is 11.8 Å². The van der Waals surface area contributed by atoms with Crippen LogP contribution in [0.5, 0.6) is 0 Å². The molecular weight excluding hydrogens is 252 g/mol. The first-order chi connectivity index (χ1) is 9.05. The minimum absolute atomic E-state index is 0.524. The molecule has 2 nitrogen and oxygen atoms in total. The normalized spacial score (nSPS) is 30.2. The maximum absolute atomic E-state index is 3.82. The highest BCUT2D eigenvalue weighted by Gasteiger charge is 2.28. The highest BCUT2D eigenvalue weighted by atomic mass is 32.2. The lowest BCUT2D eigenvalue weighted by Gasteiger charge is -2.36. The molecule has 2 heterocycles. The zero-order valence-corrected chi connectivity index (χ0v) is 13.9. The Hall–Kier alpha value is 0.270. The van der Waals surface area contributed by atoms with E-state index in [1.54, 1.807) is 0 Å². The van der Waals surface area contributed by atoms with Crippen molar-refractivity contribution in [2.45, 2.75) is 52.5 Å². The van der Waals surface area contributed by atoms with Gasteiger partial charge in [-0.25, -0.2) is 0 Å². The summed E-state index contributed by atoms with van der Waals surface area (Å²) in [7, 11) is 0. The lowest BCUT2D eigenvalue weighted by molar-refractivity contribution is 0.195. The predicted molar refractivity (Wildman–Crippen MR) is 87.0 cm³/mol. The fourth-order valence-electron chi connectivity index (χ4n) is 3.41. The highest BCUT2D eigenvalue weighted by molar-refractivity contribution is 7.99. The van der Waals surface area contributed by atoms with E-state index < -0.39 is 0 Å². The standard InChI is InChI=1S/C16H32N2S/c1-14(11-18-7-5-4-6-8-18)10-17-15-9-16(2,3)13-19-12-15/h14-15,17H,4-13H2,1-3H3. The second kappa shape index (κ2) is 7.33. The van der Waals surface area contributed by atoms with Gasteiger partial charge in [0, 0.05) is 18.3 Å². The minimum Gasteiger partial charge on any atom is -0.313 e. The zero-order valence-electron chi connectivity index (χ0n) is 13.1. The van der Waals surface area contributed by atoms with Crippen molar-refractivity contribution in [3.05, 3.63) is 0 Å². The summed E-state index contributed by atoms with van der Waals surface area (Å²) in [5.74, 6) is 3.42. The number of nitrogens with one attached hydrogen (secondary N) is 1. The van der Waals surface area contributed by atoms with E-state index in [0.717, 1.165) is 12.0 Å². The summed E-state index contributed by atoms with van der Waals surface area (Å²) in [4.78, 5) is 2.66. The topological polar surface area (TPSA) is 15.3 Å². The SMILES string of the molecule is CC(CNC1CSCC(C)(C)C1)CN1CCCCC1. The Morgan fingerprint density at radius 2 is 2.00 bits per heavy atom. The molecule has 0 spiro atoms. The number of thioether (sulfide) groups is 1. The zero-order chi connectivity index (χ0) is 13.7. The molecule has 2 fully saturated rings. The molecule has 0 amide bonds. The van der Waals surface area contributed by atoms with E-state index in [1.807, 2.05) is 0 Å². The molecule has 0 radical (unpaired) electrons. The van der Waals surface area contributed by atoms with Crippen LogP contribution in [0.15, 0.2) is 0 Å². The van der Waals surface area contributed by atoms with Gasteiger partial charge in [0.05, 0.1) is 0 Å². The van der Waals surface area contributed by atoms with Crippen LogP contribution in [0.1, 0.15) is 46.5 Å². The number of hydrogen-bond donors (Lipinski definition) is 1. The van der Waals surface area contributed by atoms with Gasteiger partial charge in [-0.3, -0.25) is 0 Å². The van der Waals surface area contributed by atoms with Crippen molar-refractivity contribution < 1.29 is 0 Å². The van der Waals surface area contributed by atoms with Gasteiger partial charge in [-0.1, -0.05) is 27.2 Å². The summed E-state index contributed by atoms with van der Waals surface area (Å²) in [6.07, 6.45) is 5.61. The van der Waals surface area contributed by atoms with Crippen LogP contribution in [0.3, 0.4) is 0 Å². The van der Waals surface area contributed by atoms with Crippen molar-refractivity contribution in [3.8, 4) is 0 Å². The molecule has 0 aromatic heterocycles. The first kappa shape index (κ1) is 15.7. The fraction of sp³-hybridized carbons (Fsp3) is 1.00. The molecule has 112 valence electrons. The molecule has 2 rings (SSSR count). The third-order valence-corrected chi connectivity index (χ3v) is 6.01. The molecule has 0 aliphatic carbocycles. The maximum Gasteiger partial charge on any atom is 0.0163 e. The molecule has 0 aromatic carbocycles.